The molecule has 2 aromatic rings. The summed E-state index contributed by atoms with van der Waals surface area (Å²) in [6.07, 6.45) is 4.36. The molecule has 0 radical (unpaired) electrons. The number of rotatable bonds is 3. The van der Waals surface area contributed by atoms with E-state index in [4.69, 9.17) is 11.6 Å². The van der Waals surface area contributed by atoms with Crippen molar-refractivity contribution in [3.05, 3.63) is 76.8 Å². The van der Waals surface area contributed by atoms with Crippen LogP contribution in [-0.4, -0.2) is 0 Å². The Balaban J connectivity index is 2.09. The second-order valence-electron chi connectivity index (χ2n) is 4.11. The van der Waals surface area contributed by atoms with Crippen LogP contribution in [0.5, 0.6) is 0 Å². The Morgan fingerprint density at radius 3 is 2.24 bits per heavy atom. The summed E-state index contributed by atoms with van der Waals surface area (Å²) in [7, 11) is 0. The van der Waals surface area contributed by atoms with E-state index in [1.165, 1.54) is 11.1 Å². The van der Waals surface area contributed by atoms with E-state index in [1.54, 1.807) is 0 Å². The van der Waals surface area contributed by atoms with Crippen molar-refractivity contribution in [2.45, 2.75) is 12.8 Å². The van der Waals surface area contributed by atoms with Crippen LogP contribution in [0, 0.1) is 0 Å². The summed E-state index contributed by atoms with van der Waals surface area (Å²) in [6, 6.07) is 18.3. The van der Waals surface area contributed by atoms with Gasteiger partial charge in [0.1, 0.15) is 0 Å². The highest BCUT2D eigenvalue weighted by atomic mass is 35.5. The van der Waals surface area contributed by atoms with Gasteiger partial charge in [0.15, 0.2) is 0 Å². The van der Waals surface area contributed by atoms with E-state index < -0.39 is 0 Å². The van der Waals surface area contributed by atoms with Gasteiger partial charge in [-0.2, -0.15) is 0 Å². The second-order valence-corrected chi connectivity index (χ2v) is 4.55. The highest BCUT2D eigenvalue weighted by Gasteiger charge is 2.00. The first-order valence-corrected chi connectivity index (χ1v) is 6.12. The number of halogens is 1. The van der Waals surface area contributed by atoms with E-state index in [9.17, 15) is 0 Å². The van der Waals surface area contributed by atoms with Crippen LogP contribution >= 0.6 is 11.6 Å². The lowest BCUT2D eigenvalue weighted by molar-refractivity contribution is 0.973. The van der Waals surface area contributed by atoms with Crippen LogP contribution in [0.15, 0.2) is 60.7 Å². The fourth-order valence-corrected chi connectivity index (χ4v) is 1.82. The van der Waals surface area contributed by atoms with Crippen molar-refractivity contribution in [1.82, 2.24) is 0 Å². The van der Waals surface area contributed by atoms with Gasteiger partial charge in [-0.15, -0.1) is 0 Å². The Bertz CT molecular complexity index is 483. The largest absolute Gasteiger partial charge is 0.0843 e. The first kappa shape index (κ1) is 11.9. The first-order chi connectivity index (χ1) is 8.25. The Morgan fingerprint density at radius 1 is 0.941 bits per heavy atom. The maximum Gasteiger partial charge on any atom is 0.0406 e. The third-order valence-corrected chi connectivity index (χ3v) is 3.02. The monoisotopic (exact) mass is 242 g/mol. The van der Waals surface area contributed by atoms with Gasteiger partial charge in [-0.3, -0.25) is 0 Å². The molecule has 0 fully saturated rings. The normalized spacial score (nSPS) is 12.8. The predicted molar refractivity (Wildman–Crippen MR) is 75.3 cm³/mol. The second kappa shape index (κ2) is 5.70. The maximum absolute atomic E-state index is 5.87. The van der Waals surface area contributed by atoms with Crippen LogP contribution in [-0.2, 0) is 0 Å². The minimum absolute atomic E-state index is 0.396. The smallest absolute Gasteiger partial charge is 0.0406 e. The van der Waals surface area contributed by atoms with E-state index in [-0.39, 0.29) is 0 Å². The highest BCUT2D eigenvalue weighted by molar-refractivity contribution is 6.30. The third kappa shape index (κ3) is 3.47. The molecule has 0 saturated carbocycles. The Morgan fingerprint density at radius 2 is 1.59 bits per heavy atom. The van der Waals surface area contributed by atoms with Crippen LogP contribution in [0.25, 0.3) is 6.08 Å². The lowest BCUT2D eigenvalue weighted by Crippen LogP contribution is -1.87. The molecule has 86 valence electrons. The van der Waals surface area contributed by atoms with Crippen molar-refractivity contribution in [1.29, 1.82) is 0 Å². The topological polar surface area (TPSA) is 0 Å². The molecule has 0 heterocycles. The zero-order chi connectivity index (χ0) is 12.1. The van der Waals surface area contributed by atoms with Crippen LogP contribution in [0.3, 0.4) is 0 Å². The van der Waals surface area contributed by atoms with Gasteiger partial charge in [-0.05, 0) is 29.2 Å². The highest BCUT2D eigenvalue weighted by Crippen LogP contribution is 2.20. The van der Waals surface area contributed by atoms with Crippen LogP contribution in [0.1, 0.15) is 24.0 Å². The molecule has 0 aliphatic rings. The van der Waals surface area contributed by atoms with E-state index in [2.05, 4.69) is 43.3 Å². The SMILES string of the molecule is CC(C=Cc1ccccc1)c1ccc(Cl)cc1. The fraction of sp³-hybridized carbons (Fsp3) is 0.125. The van der Waals surface area contributed by atoms with Gasteiger partial charge in [0.05, 0.1) is 0 Å². The third-order valence-electron chi connectivity index (χ3n) is 2.77. The van der Waals surface area contributed by atoms with Gasteiger partial charge in [0, 0.05) is 5.02 Å². The lowest BCUT2D eigenvalue weighted by Gasteiger charge is -2.06. The fourth-order valence-electron chi connectivity index (χ4n) is 1.70. The Hall–Kier alpha value is -1.53. The van der Waals surface area contributed by atoms with E-state index in [1.807, 2.05) is 30.3 Å². The van der Waals surface area contributed by atoms with Gasteiger partial charge in [0.2, 0.25) is 0 Å². The molecule has 0 spiro atoms. The number of hydrogen-bond acceptors (Lipinski definition) is 0. The molecular formula is C16H15Cl. The summed E-state index contributed by atoms with van der Waals surface area (Å²) >= 11 is 5.87. The molecule has 0 bridgehead atoms. The molecule has 0 aliphatic carbocycles. The summed E-state index contributed by atoms with van der Waals surface area (Å²) in [5.74, 6) is 0.396. The van der Waals surface area contributed by atoms with Crippen LogP contribution < -0.4 is 0 Å². The molecule has 0 amide bonds. The maximum atomic E-state index is 5.87. The molecule has 0 aromatic heterocycles. The minimum Gasteiger partial charge on any atom is -0.0843 e. The molecule has 1 heteroatoms. The van der Waals surface area contributed by atoms with Crippen molar-refractivity contribution in [3.8, 4) is 0 Å². The number of hydrogen-bond donors (Lipinski definition) is 0. The molecule has 0 N–H and O–H groups in total. The van der Waals surface area contributed by atoms with E-state index in [0.717, 1.165) is 5.02 Å². The van der Waals surface area contributed by atoms with Crippen LogP contribution in [0.2, 0.25) is 5.02 Å². The average molecular weight is 243 g/mol. The molecule has 0 aliphatic heterocycles. The first-order valence-electron chi connectivity index (χ1n) is 5.74. The molecule has 1 unspecified atom stereocenters. The summed E-state index contributed by atoms with van der Waals surface area (Å²) in [4.78, 5) is 0. The predicted octanol–water partition coefficient (Wildman–Crippen LogP) is 5.16. The zero-order valence-corrected chi connectivity index (χ0v) is 10.6. The Kier molecular flexibility index (Phi) is 4.00. The van der Waals surface area contributed by atoms with Crippen molar-refractivity contribution >= 4 is 17.7 Å². The summed E-state index contributed by atoms with van der Waals surface area (Å²) in [6.45, 7) is 2.18. The van der Waals surface area contributed by atoms with Gasteiger partial charge in [-0.1, -0.05) is 73.1 Å². The molecule has 2 aromatic carbocycles. The summed E-state index contributed by atoms with van der Waals surface area (Å²) in [5.41, 5.74) is 2.51. The van der Waals surface area contributed by atoms with Gasteiger partial charge >= 0.3 is 0 Å². The van der Waals surface area contributed by atoms with Crippen molar-refractivity contribution in [2.75, 3.05) is 0 Å². The zero-order valence-electron chi connectivity index (χ0n) is 9.81. The quantitative estimate of drug-likeness (QED) is 0.698. The van der Waals surface area contributed by atoms with Crippen LogP contribution in [0.4, 0.5) is 0 Å². The van der Waals surface area contributed by atoms with Crippen molar-refractivity contribution in [2.24, 2.45) is 0 Å². The number of benzene rings is 2. The van der Waals surface area contributed by atoms with E-state index >= 15 is 0 Å². The minimum atomic E-state index is 0.396. The van der Waals surface area contributed by atoms with Gasteiger partial charge in [0.25, 0.3) is 0 Å². The molecular weight excluding hydrogens is 228 g/mol. The van der Waals surface area contributed by atoms with Gasteiger partial charge < -0.3 is 0 Å². The summed E-state index contributed by atoms with van der Waals surface area (Å²) in [5, 5.41) is 0.785. The standard InChI is InChI=1S/C16H15Cl/c1-13(15-9-11-16(17)12-10-15)7-8-14-5-3-2-4-6-14/h2-13H,1H3. The Labute approximate surface area is 108 Å². The molecule has 0 saturated heterocycles. The molecule has 0 nitrogen and oxygen atoms in total. The van der Waals surface area contributed by atoms with Crippen molar-refractivity contribution in [3.63, 3.8) is 0 Å². The summed E-state index contributed by atoms with van der Waals surface area (Å²) < 4.78 is 0. The van der Waals surface area contributed by atoms with Crippen molar-refractivity contribution < 1.29 is 0 Å². The molecule has 1 atom stereocenters. The molecule has 17 heavy (non-hydrogen) atoms. The lowest BCUT2D eigenvalue weighted by atomic mass is 10.00. The van der Waals surface area contributed by atoms with Gasteiger partial charge in [-0.25, -0.2) is 0 Å². The van der Waals surface area contributed by atoms with E-state index in [0.29, 0.717) is 5.92 Å². The molecule has 2 rings (SSSR count). The average Bonchev–Trinajstić information content (AvgIpc) is 2.38. The number of allylic oxidation sites excluding steroid dienone is 1.